The Hall–Kier alpha value is -0.420. The molecule has 0 aromatic carbocycles. The van der Waals surface area contributed by atoms with E-state index < -0.39 is 5.60 Å². The van der Waals surface area contributed by atoms with E-state index in [4.69, 9.17) is 9.47 Å². The van der Waals surface area contributed by atoms with Crippen molar-refractivity contribution in [3.05, 3.63) is 0 Å². The summed E-state index contributed by atoms with van der Waals surface area (Å²) in [5.74, 6) is 2.14. The number of carbonyl (C=O) groups is 1. The number of likely N-dealkylation sites (tertiary alicyclic amines) is 1. The molecule has 0 spiro atoms. The van der Waals surface area contributed by atoms with Gasteiger partial charge in [0.05, 0.1) is 18.8 Å². The lowest BCUT2D eigenvalue weighted by atomic mass is 10.00. The topological polar surface area (TPSA) is 38.8 Å². The summed E-state index contributed by atoms with van der Waals surface area (Å²) in [5.41, 5.74) is -0.613. The third-order valence-electron chi connectivity index (χ3n) is 3.45. The standard InChI is InChI=1S/C15H29NO3S/c1-6-15(18-10-11-20-7-2)8-9-16(12-15)13(17)19-14(3,4)5/h6-12H2,1-5H3. The fourth-order valence-corrected chi connectivity index (χ4v) is 2.79. The Kier molecular flexibility index (Phi) is 6.65. The molecule has 118 valence electrons. The van der Waals surface area contributed by atoms with Gasteiger partial charge in [0, 0.05) is 12.3 Å². The van der Waals surface area contributed by atoms with Crippen LogP contribution < -0.4 is 0 Å². The predicted octanol–water partition coefficient (Wildman–Crippen LogP) is 3.55. The van der Waals surface area contributed by atoms with Crippen molar-refractivity contribution in [3.8, 4) is 0 Å². The highest BCUT2D eigenvalue weighted by Gasteiger charge is 2.40. The summed E-state index contributed by atoms with van der Waals surface area (Å²) in [5, 5.41) is 0. The van der Waals surface area contributed by atoms with E-state index in [9.17, 15) is 4.79 Å². The first-order valence-corrected chi connectivity index (χ1v) is 8.67. The number of ether oxygens (including phenoxy) is 2. The lowest BCUT2D eigenvalue weighted by Crippen LogP contribution is -2.40. The van der Waals surface area contributed by atoms with Crippen LogP contribution in [-0.4, -0.2) is 53.4 Å². The highest BCUT2D eigenvalue weighted by molar-refractivity contribution is 7.99. The molecule has 1 rings (SSSR count). The van der Waals surface area contributed by atoms with Crippen molar-refractivity contribution in [2.75, 3.05) is 31.2 Å². The smallest absolute Gasteiger partial charge is 0.410 e. The second kappa shape index (κ2) is 7.55. The molecular weight excluding hydrogens is 274 g/mol. The summed E-state index contributed by atoms with van der Waals surface area (Å²) in [7, 11) is 0. The van der Waals surface area contributed by atoms with Crippen LogP contribution in [0.4, 0.5) is 4.79 Å². The van der Waals surface area contributed by atoms with Gasteiger partial charge in [0.1, 0.15) is 5.60 Å². The Morgan fingerprint density at radius 1 is 1.35 bits per heavy atom. The van der Waals surface area contributed by atoms with Gasteiger partial charge in [-0.15, -0.1) is 0 Å². The molecule has 0 saturated carbocycles. The van der Waals surface area contributed by atoms with Crippen LogP contribution in [0.1, 0.15) is 47.5 Å². The Morgan fingerprint density at radius 2 is 2.05 bits per heavy atom. The molecule has 4 nitrogen and oxygen atoms in total. The molecule has 0 aromatic rings. The summed E-state index contributed by atoms with van der Waals surface area (Å²) in [6.45, 7) is 12.1. The second-order valence-corrected chi connectivity index (χ2v) is 7.63. The molecule has 1 heterocycles. The molecule has 20 heavy (non-hydrogen) atoms. The van der Waals surface area contributed by atoms with Gasteiger partial charge in [-0.25, -0.2) is 4.79 Å². The zero-order valence-corrected chi connectivity index (χ0v) is 14.3. The Bertz CT molecular complexity index is 317. The molecule has 0 bridgehead atoms. The van der Waals surface area contributed by atoms with Gasteiger partial charge in [-0.1, -0.05) is 13.8 Å². The summed E-state index contributed by atoms with van der Waals surface area (Å²) >= 11 is 1.89. The minimum absolute atomic E-state index is 0.175. The van der Waals surface area contributed by atoms with Crippen molar-refractivity contribution in [1.29, 1.82) is 0 Å². The highest BCUT2D eigenvalue weighted by Crippen LogP contribution is 2.30. The van der Waals surface area contributed by atoms with Gasteiger partial charge in [0.2, 0.25) is 0 Å². The molecule has 0 N–H and O–H groups in total. The van der Waals surface area contributed by atoms with Gasteiger partial charge in [-0.05, 0) is 39.4 Å². The summed E-state index contributed by atoms with van der Waals surface area (Å²) in [4.78, 5) is 13.9. The van der Waals surface area contributed by atoms with Crippen LogP contribution in [0.3, 0.4) is 0 Å². The van der Waals surface area contributed by atoms with E-state index in [1.807, 2.05) is 32.5 Å². The molecule has 0 aromatic heterocycles. The van der Waals surface area contributed by atoms with Gasteiger partial charge < -0.3 is 14.4 Å². The van der Waals surface area contributed by atoms with E-state index in [-0.39, 0.29) is 11.7 Å². The van der Waals surface area contributed by atoms with E-state index in [2.05, 4.69) is 13.8 Å². The molecule has 5 heteroatoms. The number of hydrogen-bond donors (Lipinski definition) is 0. The number of amides is 1. The third-order valence-corrected chi connectivity index (χ3v) is 4.32. The van der Waals surface area contributed by atoms with Gasteiger partial charge in [-0.3, -0.25) is 0 Å². The molecule has 0 aliphatic carbocycles. The fourth-order valence-electron chi connectivity index (χ4n) is 2.30. The Labute approximate surface area is 127 Å². The first-order valence-electron chi connectivity index (χ1n) is 7.51. The minimum Gasteiger partial charge on any atom is -0.444 e. The molecular formula is C15H29NO3S. The predicted molar refractivity (Wildman–Crippen MR) is 84.4 cm³/mol. The normalized spacial score (nSPS) is 23.1. The lowest BCUT2D eigenvalue weighted by Gasteiger charge is -2.29. The average Bonchev–Trinajstić information content (AvgIpc) is 2.78. The van der Waals surface area contributed by atoms with E-state index in [0.29, 0.717) is 6.54 Å². The largest absolute Gasteiger partial charge is 0.444 e. The van der Waals surface area contributed by atoms with Crippen LogP contribution in [0.5, 0.6) is 0 Å². The van der Waals surface area contributed by atoms with Crippen LogP contribution in [0.2, 0.25) is 0 Å². The molecule has 1 unspecified atom stereocenters. The summed E-state index contributed by atoms with van der Waals surface area (Å²) in [6, 6.07) is 0. The molecule has 1 saturated heterocycles. The first-order chi connectivity index (χ1) is 9.32. The molecule has 1 aliphatic heterocycles. The zero-order valence-electron chi connectivity index (χ0n) is 13.5. The summed E-state index contributed by atoms with van der Waals surface area (Å²) in [6.07, 6.45) is 1.61. The quantitative estimate of drug-likeness (QED) is 0.704. The van der Waals surface area contributed by atoms with Crippen molar-refractivity contribution in [1.82, 2.24) is 4.90 Å². The molecule has 1 atom stereocenters. The average molecular weight is 303 g/mol. The van der Waals surface area contributed by atoms with Crippen LogP contribution in [-0.2, 0) is 9.47 Å². The number of nitrogens with zero attached hydrogens (tertiary/aromatic N) is 1. The van der Waals surface area contributed by atoms with Crippen molar-refractivity contribution in [2.45, 2.75) is 58.7 Å². The number of thioether (sulfide) groups is 1. The highest BCUT2D eigenvalue weighted by atomic mass is 32.2. The number of rotatable bonds is 6. The first kappa shape index (κ1) is 17.6. The van der Waals surface area contributed by atoms with Gasteiger partial charge in [0.25, 0.3) is 0 Å². The maximum atomic E-state index is 12.1. The van der Waals surface area contributed by atoms with Gasteiger partial charge in [0.15, 0.2) is 0 Å². The molecule has 1 fully saturated rings. The fraction of sp³-hybridized carbons (Fsp3) is 0.933. The maximum Gasteiger partial charge on any atom is 0.410 e. The van der Waals surface area contributed by atoms with Crippen LogP contribution in [0.15, 0.2) is 0 Å². The Balaban J connectivity index is 2.47. The van der Waals surface area contributed by atoms with Crippen molar-refractivity contribution in [3.63, 3.8) is 0 Å². The Morgan fingerprint density at radius 3 is 2.60 bits per heavy atom. The van der Waals surface area contributed by atoms with Crippen molar-refractivity contribution >= 4 is 17.9 Å². The van der Waals surface area contributed by atoms with Gasteiger partial charge >= 0.3 is 6.09 Å². The third kappa shape index (κ3) is 5.52. The van der Waals surface area contributed by atoms with Crippen molar-refractivity contribution < 1.29 is 14.3 Å². The van der Waals surface area contributed by atoms with Gasteiger partial charge in [-0.2, -0.15) is 11.8 Å². The van der Waals surface area contributed by atoms with E-state index in [1.54, 1.807) is 4.90 Å². The number of carbonyl (C=O) groups excluding carboxylic acids is 1. The van der Waals surface area contributed by atoms with Crippen LogP contribution >= 0.6 is 11.8 Å². The summed E-state index contributed by atoms with van der Waals surface area (Å²) < 4.78 is 11.5. The van der Waals surface area contributed by atoms with E-state index in [1.165, 1.54) is 0 Å². The SMILES string of the molecule is CCSCCOC1(CC)CCN(C(=O)OC(C)(C)C)C1. The van der Waals surface area contributed by atoms with E-state index >= 15 is 0 Å². The monoisotopic (exact) mass is 303 g/mol. The van der Waals surface area contributed by atoms with Crippen molar-refractivity contribution in [2.24, 2.45) is 0 Å². The minimum atomic E-state index is -0.437. The number of hydrogen-bond acceptors (Lipinski definition) is 4. The van der Waals surface area contributed by atoms with Crippen LogP contribution in [0, 0.1) is 0 Å². The maximum absolute atomic E-state index is 12.1. The zero-order chi connectivity index (χ0) is 15.2. The van der Waals surface area contributed by atoms with Crippen LogP contribution in [0.25, 0.3) is 0 Å². The van der Waals surface area contributed by atoms with E-state index in [0.717, 1.165) is 37.5 Å². The molecule has 1 amide bonds. The second-order valence-electron chi connectivity index (χ2n) is 6.23. The lowest BCUT2D eigenvalue weighted by molar-refractivity contribution is -0.0352. The molecule has 0 radical (unpaired) electrons. The molecule has 1 aliphatic rings.